The molecule has 1 aromatic carbocycles. The first-order chi connectivity index (χ1) is 9.20. The van der Waals surface area contributed by atoms with Crippen molar-refractivity contribution in [2.24, 2.45) is 11.0 Å². The quantitative estimate of drug-likeness (QED) is 0.329. The fourth-order valence-electron chi connectivity index (χ4n) is 2.23. The molecule has 3 heteroatoms. The number of carbonyl (C=O) groups is 1. The van der Waals surface area contributed by atoms with E-state index in [0.29, 0.717) is 12.3 Å². The lowest BCUT2D eigenvalue weighted by Gasteiger charge is -2.16. The molecule has 0 unspecified atom stereocenters. The van der Waals surface area contributed by atoms with Crippen LogP contribution < -0.4 is 5.43 Å². The highest BCUT2D eigenvalue weighted by atomic mass is 16.1. The van der Waals surface area contributed by atoms with Crippen molar-refractivity contribution in [1.29, 1.82) is 0 Å². The van der Waals surface area contributed by atoms with Crippen LogP contribution in [0.5, 0.6) is 0 Å². The first-order valence-electron chi connectivity index (χ1n) is 7.03. The van der Waals surface area contributed by atoms with E-state index in [4.69, 9.17) is 0 Å². The van der Waals surface area contributed by atoms with E-state index in [-0.39, 0.29) is 0 Å². The Hall–Kier alpha value is -1.64. The van der Waals surface area contributed by atoms with Crippen molar-refractivity contribution in [3.63, 3.8) is 0 Å². The SMILES string of the molecule is CCCCC[C@H](C)/C(=N/NC=O)c1ccccc1C. The number of benzene rings is 1. The Bertz CT molecular complexity index is 427. The van der Waals surface area contributed by atoms with E-state index >= 15 is 0 Å². The molecular formula is C16H24N2O. The van der Waals surface area contributed by atoms with Gasteiger partial charge in [-0.1, -0.05) is 57.4 Å². The van der Waals surface area contributed by atoms with Gasteiger partial charge in [-0.2, -0.15) is 5.10 Å². The Kier molecular flexibility index (Phi) is 6.86. The predicted octanol–water partition coefficient (Wildman–Crippen LogP) is 3.66. The van der Waals surface area contributed by atoms with Crippen LogP contribution in [-0.2, 0) is 4.79 Å². The number of rotatable bonds is 8. The van der Waals surface area contributed by atoms with E-state index in [9.17, 15) is 4.79 Å². The molecule has 0 spiro atoms. The molecule has 0 fully saturated rings. The minimum atomic E-state index is 0.347. The van der Waals surface area contributed by atoms with E-state index in [1.807, 2.05) is 12.1 Å². The average molecular weight is 260 g/mol. The number of nitrogens with zero attached hydrogens (tertiary/aromatic N) is 1. The molecule has 0 aliphatic rings. The second kappa shape index (κ2) is 8.46. The van der Waals surface area contributed by atoms with Crippen molar-refractivity contribution >= 4 is 12.1 Å². The topological polar surface area (TPSA) is 41.5 Å². The summed E-state index contributed by atoms with van der Waals surface area (Å²) in [4.78, 5) is 10.5. The van der Waals surface area contributed by atoms with Crippen molar-refractivity contribution in [2.75, 3.05) is 0 Å². The largest absolute Gasteiger partial charge is 0.277 e. The molecule has 0 radical (unpaired) electrons. The molecule has 0 aliphatic heterocycles. The molecule has 104 valence electrons. The Morgan fingerprint density at radius 2 is 2.11 bits per heavy atom. The lowest BCUT2D eigenvalue weighted by Crippen LogP contribution is -2.18. The fourth-order valence-corrected chi connectivity index (χ4v) is 2.23. The van der Waals surface area contributed by atoms with E-state index in [1.165, 1.54) is 24.8 Å². The van der Waals surface area contributed by atoms with Crippen molar-refractivity contribution in [2.45, 2.75) is 46.5 Å². The van der Waals surface area contributed by atoms with Gasteiger partial charge < -0.3 is 0 Å². The van der Waals surface area contributed by atoms with Crippen molar-refractivity contribution in [3.8, 4) is 0 Å². The Balaban J connectivity index is 2.89. The maximum absolute atomic E-state index is 10.5. The summed E-state index contributed by atoms with van der Waals surface area (Å²) in [5, 5.41) is 4.25. The molecule has 0 bridgehead atoms. The molecule has 19 heavy (non-hydrogen) atoms. The van der Waals surface area contributed by atoms with Gasteiger partial charge in [0, 0.05) is 11.5 Å². The van der Waals surface area contributed by atoms with Gasteiger partial charge in [0.1, 0.15) is 0 Å². The van der Waals surface area contributed by atoms with Crippen LogP contribution in [0.2, 0.25) is 0 Å². The summed E-state index contributed by atoms with van der Waals surface area (Å²) in [5.41, 5.74) is 5.74. The van der Waals surface area contributed by atoms with Gasteiger partial charge in [-0.15, -0.1) is 0 Å². The minimum absolute atomic E-state index is 0.347. The summed E-state index contributed by atoms with van der Waals surface area (Å²) in [6.07, 6.45) is 5.38. The number of hydrazone groups is 1. The highest BCUT2D eigenvalue weighted by Crippen LogP contribution is 2.19. The number of nitrogens with one attached hydrogen (secondary N) is 1. The minimum Gasteiger partial charge on any atom is -0.277 e. The van der Waals surface area contributed by atoms with Gasteiger partial charge in [0.25, 0.3) is 0 Å². The van der Waals surface area contributed by atoms with Gasteiger partial charge in [0.2, 0.25) is 6.41 Å². The summed E-state index contributed by atoms with van der Waals surface area (Å²) in [7, 11) is 0. The van der Waals surface area contributed by atoms with Crippen molar-refractivity contribution in [3.05, 3.63) is 35.4 Å². The number of aryl methyl sites for hydroxylation is 1. The zero-order chi connectivity index (χ0) is 14.1. The van der Waals surface area contributed by atoms with Gasteiger partial charge in [-0.3, -0.25) is 4.79 Å². The van der Waals surface area contributed by atoms with Crippen LogP contribution in [0.3, 0.4) is 0 Å². The third-order valence-electron chi connectivity index (χ3n) is 3.37. The summed E-state index contributed by atoms with van der Waals surface area (Å²) < 4.78 is 0. The summed E-state index contributed by atoms with van der Waals surface area (Å²) in [6.45, 7) is 6.45. The van der Waals surface area contributed by atoms with Crippen LogP contribution >= 0.6 is 0 Å². The molecule has 1 rings (SSSR count). The lowest BCUT2D eigenvalue weighted by atomic mass is 9.91. The molecule has 0 saturated carbocycles. The highest BCUT2D eigenvalue weighted by molar-refractivity contribution is 6.03. The van der Waals surface area contributed by atoms with E-state index in [1.54, 1.807) is 0 Å². The first-order valence-corrected chi connectivity index (χ1v) is 7.03. The second-order valence-corrected chi connectivity index (χ2v) is 4.96. The fraction of sp³-hybridized carbons (Fsp3) is 0.500. The zero-order valence-corrected chi connectivity index (χ0v) is 12.1. The molecular weight excluding hydrogens is 236 g/mol. The zero-order valence-electron chi connectivity index (χ0n) is 12.1. The van der Waals surface area contributed by atoms with Crippen LogP contribution in [0.15, 0.2) is 29.4 Å². The highest BCUT2D eigenvalue weighted by Gasteiger charge is 2.14. The molecule has 0 aliphatic carbocycles. The summed E-state index contributed by atoms with van der Waals surface area (Å²) in [5.74, 6) is 0.347. The van der Waals surface area contributed by atoms with Crippen LogP contribution in [-0.4, -0.2) is 12.1 Å². The second-order valence-electron chi connectivity index (χ2n) is 4.96. The number of hydrogen-bond acceptors (Lipinski definition) is 2. The Morgan fingerprint density at radius 1 is 1.37 bits per heavy atom. The van der Waals surface area contributed by atoms with Gasteiger partial charge in [0.05, 0.1) is 5.71 Å². The van der Waals surface area contributed by atoms with Crippen molar-refractivity contribution < 1.29 is 4.79 Å². The third kappa shape index (κ3) is 4.86. The Labute approximate surface area is 116 Å². The van der Waals surface area contributed by atoms with Gasteiger partial charge in [-0.05, 0) is 18.9 Å². The maximum Gasteiger partial charge on any atom is 0.227 e. The van der Waals surface area contributed by atoms with Crippen LogP contribution in [0.1, 0.15) is 50.7 Å². The average Bonchev–Trinajstić information content (AvgIpc) is 2.41. The first kappa shape index (κ1) is 15.4. The van der Waals surface area contributed by atoms with Gasteiger partial charge >= 0.3 is 0 Å². The molecule has 0 aromatic heterocycles. The van der Waals surface area contributed by atoms with Gasteiger partial charge in [-0.25, -0.2) is 5.43 Å². The number of amides is 1. The molecule has 1 N–H and O–H groups in total. The standard InChI is InChI=1S/C16H24N2O/c1-4-5-6-10-14(3)16(18-17-12-19)15-11-8-7-9-13(15)2/h7-9,11-12,14H,4-6,10H2,1-3H3,(H,17,19)/b18-16-/t14-/m0/s1. The van der Waals surface area contributed by atoms with Crippen LogP contribution in [0.4, 0.5) is 0 Å². The summed E-state index contributed by atoms with van der Waals surface area (Å²) >= 11 is 0. The van der Waals surface area contributed by atoms with E-state index < -0.39 is 0 Å². The van der Waals surface area contributed by atoms with Crippen molar-refractivity contribution in [1.82, 2.24) is 5.43 Å². The monoisotopic (exact) mass is 260 g/mol. The smallest absolute Gasteiger partial charge is 0.227 e. The summed E-state index contributed by atoms with van der Waals surface area (Å²) in [6, 6.07) is 8.17. The van der Waals surface area contributed by atoms with Crippen LogP contribution in [0, 0.1) is 12.8 Å². The molecule has 1 amide bonds. The van der Waals surface area contributed by atoms with E-state index in [0.717, 1.165) is 17.7 Å². The lowest BCUT2D eigenvalue weighted by molar-refractivity contribution is -0.109. The number of carbonyl (C=O) groups excluding carboxylic acids is 1. The predicted molar refractivity (Wildman–Crippen MR) is 80.2 cm³/mol. The number of hydrogen-bond donors (Lipinski definition) is 1. The molecule has 0 saturated heterocycles. The number of unbranched alkanes of at least 4 members (excludes halogenated alkanes) is 2. The molecule has 0 heterocycles. The maximum atomic E-state index is 10.5. The molecule has 1 atom stereocenters. The third-order valence-corrected chi connectivity index (χ3v) is 3.37. The normalized spacial score (nSPS) is 13.1. The molecule has 3 nitrogen and oxygen atoms in total. The van der Waals surface area contributed by atoms with E-state index in [2.05, 4.69) is 43.4 Å². The Morgan fingerprint density at radius 3 is 2.74 bits per heavy atom. The molecule has 1 aromatic rings. The van der Waals surface area contributed by atoms with Crippen LogP contribution in [0.25, 0.3) is 0 Å². The van der Waals surface area contributed by atoms with Gasteiger partial charge in [0.15, 0.2) is 0 Å².